The lowest BCUT2D eigenvalue weighted by atomic mass is 10.2. The van der Waals surface area contributed by atoms with E-state index in [0.717, 1.165) is 16.7 Å². The van der Waals surface area contributed by atoms with Gasteiger partial charge in [-0.3, -0.25) is 4.79 Å². The number of hydrogen-bond acceptors (Lipinski definition) is 3. The molecule has 6 heteroatoms. The molecule has 26 heavy (non-hydrogen) atoms. The van der Waals surface area contributed by atoms with Crippen LogP contribution < -0.4 is 10.1 Å². The Bertz CT molecular complexity index is 953. The van der Waals surface area contributed by atoms with E-state index >= 15 is 0 Å². The normalized spacial score (nSPS) is 10.6. The first kappa shape index (κ1) is 18.8. The molecule has 1 heterocycles. The number of carbonyl (C=O) groups is 1. The lowest BCUT2D eigenvalue weighted by Gasteiger charge is -2.07. The molecule has 3 rings (SSSR count). The van der Waals surface area contributed by atoms with Gasteiger partial charge in [0.2, 0.25) is 0 Å². The van der Waals surface area contributed by atoms with E-state index in [-0.39, 0.29) is 5.91 Å². The molecule has 0 saturated carbocycles. The fraction of sp³-hybridized carbons (Fsp3) is 0.150. The second kappa shape index (κ2) is 8.12. The molecule has 0 bridgehead atoms. The minimum atomic E-state index is -0.172. The highest BCUT2D eigenvalue weighted by atomic mass is 35.5. The summed E-state index contributed by atoms with van der Waals surface area (Å²) in [6.07, 6.45) is 0. The van der Waals surface area contributed by atoms with E-state index < -0.39 is 0 Å². The van der Waals surface area contributed by atoms with Gasteiger partial charge in [-0.15, -0.1) is 11.3 Å². The molecule has 0 unspecified atom stereocenters. The minimum Gasteiger partial charge on any atom is -0.487 e. The van der Waals surface area contributed by atoms with Crippen molar-refractivity contribution in [3.8, 4) is 5.75 Å². The summed E-state index contributed by atoms with van der Waals surface area (Å²) in [4.78, 5) is 13.0. The highest BCUT2D eigenvalue weighted by molar-refractivity contribution is 7.12. The molecule has 3 aromatic rings. The van der Waals surface area contributed by atoms with Crippen LogP contribution in [0.4, 0.5) is 5.69 Å². The van der Waals surface area contributed by atoms with Crippen molar-refractivity contribution in [1.29, 1.82) is 0 Å². The predicted molar refractivity (Wildman–Crippen MR) is 109 cm³/mol. The van der Waals surface area contributed by atoms with Crippen molar-refractivity contribution in [3.63, 3.8) is 0 Å². The number of thiophene rings is 1. The predicted octanol–water partition coefficient (Wildman–Crippen LogP) is 6.50. The van der Waals surface area contributed by atoms with Crippen LogP contribution in [0.1, 0.15) is 26.4 Å². The van der Waals surface area contributed by atoms with Crippen molar-refractivity contribution >= 4 is 46.1 Å². The highest BCUT2D eigenvalue weighted by Crippen LogP contribution is 2.27. The molecule has 0 fully saturated rings. The summed E-state index contributed by atoms with van der Waals surface area (Å²) < 4.78 is 5.77. The Labute approximate surface area is 166 Å². The van der Waals surface area contributed by atoms with Crippen molar-refractivity contribution < 1.29 is 9.53 Å². The average Bonchev–Trinajstić information content (AvgIpc) is 3.08. The summed E-state index contributed by atoms with van der Waals surface area (Å²) in [5.74, 6) is 0.466. The van der Waals surface area contributed by atoms with Gasteiger partial charge < -0.3 is 10.1 Å². The van der Waals surface area contributed by atoms with Gasteiger partial charge in [-0.2, -0.15) is 0 Å². The number of ether oxygens (including phenoxy) is 1. The van der Waals surface area contributed by atoms with E-state index in [4.69, 9.17) is 27.9 Å². The first-order chi connectivity index (χ1) is 12.4. The summed E-state index contributed by atoms with van der Waals surface area (Å²) in [6.45, 7) is 4.25. The Hall–Kier alpha value is -2.01. The maximum absolute atomic E-state index is 12.4. The molecule has 0 radical (unpaired) electrons. The Morgan fingerprint density at radius 1 is 1.08 bits per heavy atom. The molecular formula is C20H17Cl2NO2S. The van der Waals surface area contributed by atoms with E-state index in [9.17, 15) is 4.79 Å². The van der Waals surface area contributed by atoms with Crippen molar-refractivity contribution in [2.45, 2.75) is 20.5 Å². The average molecular weight is 406 g/mol. The van der Waals surface area contributed by atoms with Crippen molar-refractivity contribution in [1.82, 2.24) is 0 Å². The highest BCUT2D eigenvalue weighted by Gasteiger charge is 2.11. The van der Waals surface area contributed by atoms with Crippen molar-refractivity contribution in [2.24, 2.45) is 0 Å². The van der Waals surface area contributed by atoms with Gasteiger partial charge in [-0.25, -0.2) is 0 Å². The van der Waals surface area contributed by atoms with Crippen LogP contribution in [0.2, 0.25) is 10.0 Å². The molecule has 0 saturated heterocycles. The SMILES string of the molecule is Cc1ccc(Cl)c(OCc2csc(C(=O)Nc3ccc(C)c(Cl)c3)c2)c1. The van der Waals surface area contributed by atoms with Crippen molar-refractivity contribution in [2.75, 3.05) is 5.32 Å². The molecule has 0 aliphatic heterocycles. The molecule has 0 aliphatic rings. The maximum Gasteiger partial charge on any atom is 0.265 e. The number of amides is 1. The third kappa shape index (κ3) is 4.58. The molecule has 134 valence electrons. The van der Waals surface area contributed by atoms with E-state index in [0.29, 0.717) is 33.0 Å². The van der Waals surface area contributed by atoms with Crippen LogP contribution in [0.25, 0.3) is 0 Å². The molecule has 1 N–H and O–H groups in total. The minimum absolute atomic E-state index is 0.172. The molecule has 1 aromatic heterocycles. The number of benzene rings is 2. The Morgan fingerprint density at radius 2 is 1.88 bits per heavy atom. The molecule has 0 atom stereocenters. The van der Waals surface area contributed by atoms with Crippen LogP contribution in [-0.4, -0.2) is 5.91 Å². The smallest absolute Gasteiger partial charge is 0.265 e. The van der Waals surface area contributed by atoms with Gasteiger partial charge in [0, 0.05) is 16.3 Å². The van der Waals surface area contributed by atoms with E-state index in [2.05, 4.69) is 5.32 Å². The first-order valence-corrected chi connectivity index (χ1v) is 9.60. The Kier molecular flexibility index (Phi) is 5.87. The maximum atomic E-state index is 12.4. The van der Waals surface area contributed by atoms with Crippen LogP contribution in [-0.2, 0) is 6.61 Å². The zero-order valence-corrected chi connectivity index (χ0v) is 16.6. The number of halogens is 2. The molecule has 1 amide bonds. The van der Waals surface area contributed by atoms with Gasteiger partial charge in [-0.05, 0) is 60.7 Å². The fourth-order valence-corrected chi connectivity index (χ4v) is 3.46. The number of rotatable bonds is 5. The summed E-state index contributed by atoms with van der Waals surface area (Å²) in [6, 6.07) is 12.9. The number of anilines is 1. The second-order valence-electron chi connectivity index (χ2n) is 5.96. The van der Waals surface area contributed by atoms with Crippen LogP contribution in [0.5, 0.6) is 5.75 Å². The molecule has 3 nitrogen and oxygen atoms in total. The van der Waals surface area contributed by atoms with Gasteiger partial charge in [0.05, 0.1) is 9.90 Å². The molecule has 0 spiro atoms. The standard InChI is InChI=1S/C20H17Cl2NO2S/c1-12-3-6-16(21)18(7-12)25-10-14-8-19(26-11-14)20(24)23-15-5-4-13(2)17(22)9-15/h3-9,11H,10H2,1-2H3,(H,23,24). The Balaban J connectivity index is 1.64. The number of carbonyl (C=O) groups excluding carboxylic acids is 1. The van der Waals surface area contributed by atoms with Crippen LogP contribution >= 0.6 is 34.5 Å². The molecule has 2 aromatic carbocycles. The first-order valence-electron chi connectivity index (χ1n) is 7.96. The molecular weight excluding hydrogens is 389 g/mol. The number of nitrogens with one attached hydrogen (secondary N) is 1. The number of aryl methyl sites for hydroxylation is 2. The van der Waals surface area contributed by atoms with E-state index in [1.807, 2.05) is 55.6 Å². The fourth-order valence-electron chi connectivity index (χ4n) is 2.32. The summed E-state index contributed by atoms with van der Waals surface area (Å²) in [5.41, 5.74) is 3.63. The zero-order valence-electron chi connectivity index (χ0n) is 14.3. The zero-order chi connectivity index (χ0) is 18.7. The van der Waals surface area contributed by atoms with Gasteiger partial charge >= 0.3 is 0 Å². The van der Waals surface area contributed by atoms with E-state index in [1.54, 1.807) is 6.07 Å². The lowest BCUT2D eigenvalue weighted by molar-refractivity contribution is 0.103. The largest absolute Gasteiger partial charge is 0.487 e. The quantitative estimate of drug-likeness (QED) is 0.525. The lowest BCUT2D eigenvalue weighted by Crippen LogP contribution is -2.10. The van der Waals surface area contributed by atoms with Gasteiger partial charge in [0.1, 0.15) is 12.4 Å². The Morgan fingerprint density at radius 3 is 2.65 bits per heavy atom. The second-order valence-corrected chi connectivity index (χ2v) is 7.69. The van der Waals surface area contributed by atoms with Crippen LogP contribution in [0.15, 0.2) is 47.8 Å². The van der Waals surface area contributed by atoms with E-state index in [1.165, 1.54) is 11.3 Å². The number of hydrogen-bond donors (Lipinski definition) is 1. The summed E-state index contributed by atoms with van der Waals surface area (Å²) in [5, 5.41) is 5.95. The third-order valence-corrected chi connectivity index (χ3v) is 5.49. The topological polar surface area (TPSA) is 38.3 Å². The van der Waals surface area contributed by atoms with Crippen LogP contribution in [0.3, 0.4) is 0 Å². The van der Waals surface area contributed by atoms with Gasteiger partial charge in [0.25, 0.3) is 5.91 Å². The molecule has 0 aliphatic carbocycles. The summed E-state index contributed by atoms with van der Waals surface area (Å²) in [7, 11) is 0. The summed E-state index contributed by atoms with van der Waals surface area (Å²) >= 11 is 13.6. The van der Waals surface area contributed by atoms with Gasteiger partial charge in [0.15, 0.2) is 0 Å². The van der Waals surface area contributed by atoms with Crippen molar-refractivity contribution in [3.05, 3.63) is 79.5 Å². The van der Waals surface area contributed by atoms with Crippen LogP contribution in [0, 0.1) is 13.8 Å². The van der Waals surface area contributed by atoms with Gasteiger partial charge in [-0.1, -0.05) is 35.3 Å². The third-order valence-electron chi connectivity index (χ3n) is 3.79. The monoisotopic (exact) mass is 405 g/mol.